The van der Waals surface area contributed by atoms with Gasteiger partial charge in [-0.2, -0.15) is 0 Å². The zero-order chi connectivity index (χ0) is 76.2. The van der Waals surface area contributed by atoms with Crippen LogP contribution in [0.15, 0.2) is 107 Å². The van der Waals surface area contributed by atoms with Gasteiger partial charge >= 0.3 is 5.75 Å². The molecule has 0 spiro atoms. The lowest BCUT2D eigenvalue weighted by atomic mass is 9.87. The van der Waals surface area contributed by atoms with Gasteiger partial charge in [-0.25, -0.2) is 14.4 Å². The molecule has 6 saturated heterocycles. The van der Waals surface area contributed by atoms with Crippen molar-refractivity contribution in [1.82, 2.24) is 49.3 Å². The number of aryl methyl sites for hydroxylation is 2. The Morgan fingerprint density at radius 1 is 0.509 bits per heavy atom. The van der Waals surface area contributed by atoms with Crippen LogP contribution in [0.5, 0.6) is 23.0 Å². The van der Waals surface area contributed by atoms with E-state index in [1.165, 1.54) is 5.56 Å². The lowest BCUT2D eigenvalue weighted by Gasteiger charge is -2.33. The van der Waals surface area contributed by atoms with E-state index in [4.69, 9.17) is 38.4 Å². The molecule has 8 aliphatic rings. The Labute approximate surface area is 622 Å². The Morgan fingerprint density at radius 3 is 1.38 bits per heavy atom. The maximum Gasteiger partial charge on any atom is 0.360 e. The number of nitrogens with zero attached hydrogens (tertiary/aromatic N) is 10. The van der Waals surface area contributed by atoms with E-state index in [9.17, 15) is 38.4 Å². The highest BCUT2D eigenvalue weighted by Gasteiger charge is 2.42. The number of anilines is 2. The number of aromatic nitrogens is 4. The lowest BCUT2D eigenvalue weighted by molar-refractivity contribution is -0.355. The van der Waals surface area contributed by atoms with Gasteiger partial charge in [0.15, 0.2) is 0 Å². The number of likely N-dealkylation sites (tertiary alicyclic amines) is 2. The molecule has 6 amide bonds. The van der Waals surface area contributed by atoms with Crippen LogP contribution in [0.1, 0.15) is 130 Å². The van der Waals surface area contributed by atoms with Crippen LogP contribution in [0.3, 0.4) is 0 Å². The van der Waals surface area contributed by atoms with Crippen molar-refractivity contribution in [2.24, 2.45) is 14.1 Å². The zero-order valence-electron chi connectivity index (χ0n) is 61.0. The molecule has 16 rings (SSSR count). The normalized spacial score (nSPS) is 18.8. The minimum atomic E-state index is -0.617. The number of rotatable bonds is 16. The Morgan fingerprint density at radius 2 is 0.935 bits per heavy atom. The van der Waals surface area contributed by atoms with E-state index in [1.54, 1.807) is 66.8 Å². The third-order valence-corrected chi connectivity index (χ3v) is 22.2. The van der Waals surface area contributed by atoms with E-state index in [0.717, 1.165) is 175 Å². The number of piperidine rings is 4. The smallest absolute Gasteiger partial charge is 0.360 e. The number of fused-ring (bicyclic) bond motifs is 4. The molecule has 8 aliphatic heterocycles. The monoisotopic (exact) mass is 1470 g/mol. The number of ether oxygens (including phenoxy) is 3. The Kier molecular flexibility index (Phi) is 22.2. The van der Waals surface area contributed by atoms with Gasteiger partial charge < -0.3 is 53.2 Å². The molecule has 0 radical (unpaired) electrons. The summed E-state index contributed by atoms with van der Waals surface area (Å²) in [6, 6.07) is 23.1. The van der Waals surface area contributed by atoms with Crippen LogP contribution >= 0.6 is 0 Å². The van der Waals surface area contributed by atoms with Crippen molar-refractivity contribution in [3.05, 3.63) is 163 Å². The number of carbonyl (C=O) groups is 8. The number of hydrogen-bond donors (Lipinski definition) is 4. The van der Waals surface area contributed by atoms with Crippen molar-refractivity contribution in [3.63, 3.8) is 0 Å². The van der Waals surface area contributed by atoms with Crippen LogP contribution in [0.25, 0.3) is 43.8 Å². The van der Waals surface area contributed by atoms with Gasteiger partial charge in [-0.1, -0.05) is 24.3 Å². The van der Waals surface area contributed by atoms with E-state index < -0.39 is 23.9 Å². The number of carbonyl (C=O) groups excluding carboxylic acids is 7. The molecule has 4 aromatic carbocycles. The maximum absolute atomic E-state index is 13.4. The van der Waals surface area contributed by atoms with Crippen molar-refractivity contribution in [2.45, 2.75) is 114 Å². The fraction of sp³-hybridized carbons (Fsp3) is 0.388. The van der Waals surface area contributed by atoms with Crippen LogP contribution < -0.4 is 45.8 Å². The third-order valence-electron chi connectivity index (χ3n) is 22.2. The first-order valence-electron chi connectivity index (χ1n) is 36.3. The van der Waals surface area contributed by atoms with Gasteiger partial charge in [0.25, 0.3) is 42.7 Å². The minimum absolute atomic E-state index is 0.0870. The van der Waals surface area contributed by atoms with Gasteiger partial charge in [-0.15, -0.1) is 0 Å². The first-order chi connectivity index (χ1) is 52.3. The first kappa shape index (κ1) is 74.6. The number of methoxy groups -OCH3 is 3. The second-order valence-corrected chi connectivity index (χ2v) is 28.4. The topological polar surface area (TPSA) is 329 Å². The van der Waals surface area contributed by atoms with Crippen LogP contribution in [0.4, 0.5) is 11.6 Å². The zero-order valence-corrected chi connectivity index (χ0v) is 61.0. The number of nitrogens with one attached hydrogen (secondary N) is 2. The fourth-order valence-corrected chi connectivity index (χ4v) is 16.1. The van der Waals surface area contributed by atoms with Gasteiger partial charge in [0.1, 0.15) is 46.5 Å². The number of amides is 6. The van der Waals surface area contributed by atoms with Gasteiger partial charge in [0.2, 0.25) is 23.6 Å². The summed E-state index contributed by atoms with van der Waals surface area (Å²) in [5.74, 6) is 3.51. The van der Waals surface area contributed by atoms with E-state index in [-0.39, 0.29) is 60.5 Å². The number of carboxylic acid groups (broad SMARTS) is 2. The lowest BCUT2D eigenvalue weighted by Crippen LogP contribution is -2.52. The minimum Gasteiger partial charge on any atom is -0.496 e. The molecule has 562 valence electrons. The summed E-state index contributed by atoms with van der Waals surface area (Å²) in [6.45, 7) is 12.6. The van der Waals surface area contributed by atoms with E-state index in [0.29, 0.717) is 84.3 Å². The molecule has 4 aromatic heterocycles. The third kappa shape index (κ3) is 15.0. The van der Waals surface area contributed by atoms with Crippen molar-refractivity contribution >= 4 is 88.4 Å². The van der Waals surface area contributed by atoms with Gasteiger partial charge in [0.05, 0.1) is 43.7 Å². The van der Waals surface area contributed by atoms with Gasteiger partial charge in [-0.3, -0.25) is 68.4 Å². The summed E-state index contributed by atoms with van der Waals surface area (Å²) < 4.78 is 26.8. The molecule has 0 saturated carbocycles. The molecule has 28 nitrogen and oxygen atoms in total. The second kappa shape index (κ2) is 32.2. The van der Waals surface area contributed by atoms with E-state index in [1.807, 2.05) is 73.1 Å². The molecule has 4 N–H and O–H groups in total. The van der Waals surface area contributed by atoms with Crippen LogP contribution in [0, 0.1) is 0 Å². The molecule has 8 aromatic rings. The summed E-state index contributed by atoms with van der Waals surface area (Å²) in [6.07, 6.45) is 14.3. The maximum atomic E-state index is 13.4. The van der Waals surface area contributed by atoms with E-state index in [2.05, 4.69) is 59.1 Å². The van der Waals surface area contributed by atoms with Gasteiger partial charge in [0, 0.05) is 137 Å². The first-order valence-corrected chi connectivity index (χ1v) is 36.3. The van der Waals surface area contributed by atoms with Gasteiger partial charge in [-0.05, 0) is 165 Å². The molecule has 0 bridgehead atoms. The fourth-order valence-electron chi connectivity index (χ4n) is 16.1. The Hall–Kier alpha value is -11.7. The molecular formula is C80H87N12O16+. The predicted octanol–water partition coefficient (Wildman–Crippen LogP) is 7.41. The summed E-state index contributed by atoms with van der Waals surface area (Å²) in [7, 11) is 8.52. The quantitative estimate of drug-likeness (QED) is 0.0415. The highest BCUT2D eigenvalue weighted by atomic mass is 16.5. The van der Waals surface area contributed by atoms with Crippen molar-refractivity contribution in [2.75, 3.05) is 83.5 Å². The Balaban J connectivity index is 0.000000178. The molecular weight excluding hydrogens is 1380 g/mol. The summed E-state index contributed by atoms with van der Waals surface area (Å²) >= 11 is 0. The van der Waals surface area contributed by atoms with Crippen LogP contribution in [-0.2, 0) is 73.5 Å². The van der Waals surface area contributed by atoms with Crippen molar-refractivity contribution in [1.29, 1.82) is 0 Å². The van der Waals surface area contributed by atoms with Crippen LogP contribution in [-0.4, -0.2) is 190 Å². The highest BCUT2D eigenvalue weighted by Crippen LogP contribution is 2.44. The highest BCUT2D eigenvalue weighted by molar-refractivity contribution is 6.07. The molecule has 108 heavy (non-hydrogen) atoms. The largest absolute Gasteiger partial charge is 0.496 e. The van der Waals surface area contributed by atoms with E-state index >= 15 is 0 Å². The Bertz CT molecular complexity index is 5000. The molecule has 2 atom stereocenters. The summed E-state index contributed by atoms with van der Waals surface area (Å²) in [5.41, 5.74) is 10.8. The van der Waals surface area contributed by atoms with Crippen molar-refractivity contribution in [3.8, 4) is 45.3 Å². The molecule has 2 unspecified atom stereocenters. The predicted molar refractivity (Wildman–Crippen MR) is 402 cm³/mol. The average Bonchev–Trinajstić information content (AvgIpc) is 1.38. The number of pyridine rings is 4. The molecule has 28 heteroatoms. The molecule has 12 heterocycles. The summed E-state index contributed by atoms with van der Waals surface area (Å²) in [5, 5.41) is 21.3. The number of imide groups is 2. The van der Waals surface area contributed by atoms with Crippen molar-refractivity contribution < 1.29 is 67.2 Å². The summed E-state index contributed by atoms with van der Waals surface area (Å²) in [4.78, 5) is 139. The molecule has 0 aliphatic carbocycles. The average molecular weight is 1470 g/mol. The second-order valence-electron chi connectivity index (χ2n) is 28.4. The SMILES string of the molecule is C=[O+]c1cc(-c2cn(C)c(=O)c3cnc(N4CCC4)cc23)cc(OC)c1CN1CCC(c2ccc3c(c2)CN(C2CCC(=O)NC2=O)C3=O)CC1.COc1cc(-c2cn(C)c(=O)c3cnc(N4CCC4)cc23)cc(OC)c1CN1CCC(c2ccc3c(c2)C(=O)N(C2CCC(=O)NC2=O)C3)CC1.O=CO.O=CO. The van der Waals surface area contributed by atoms with Crippen LogP contribution in [0.2, 0.25) is 0 Å². The standard InChI is InChI=1S/C39H40N6O6.C39H42N6O6.2CH2O2/c1-42-21-30(28-18-35(44-11-4-12-44)40-19-29(28)38(42)48)25-16-33(50-2)31(34(17-25)51-3)22-43-13-9-23(10-14-43)24-5-6-27-26(15-24)20-45(39(27)49)32-7-8-36(46)41-37(32)47;1-42-21-30(28-18-35(44-11-4-12-44)40-19-29(28)38(42)48)26-16-33(50-2)31(34(17-26)51-3)22-43-13-9-23(10-14-43)24-5-6-25-20-45(39(49)27(25)15-24)32-7-8-36(46)41-37(32)47;2*2-1-3/h5-6,15-19,21,23,32H,2,4,7-14,20,22H2,1,3H3;5-6,15-19,21,23,32H,4,7-14,20,22H2,1-3H3,(H,41,46,47);2*1H,(H,2,3)/p+1. The molecule has 6 fully saturated rings. The number of hydrogen-bond acceptors (Lipinski definition) is 19. The number of benzene rings is 4.